The van der Waals surface area contributed by atoms with Crippen molar-refractivity contribution >= 4 is 40.7 Å². The highest BCUT2D eigenvalue weighted by Crippen LogP contribution is 2.42. The fourth-order valence-electron chi connectivity index (χ4n) is 4.17. The summed E-state index contributed by atoms with van der Waals surface area (Å²) in [6, 6.07) is 13.7. The van der Waals surface area contributed by atoms with E-state index in [0.29, 0.717) is 22.6 Å². The van der Waals surface area contributed by atoms with Gasteiger partial charge in [0.15, 0.2) is 0 Å². The summed E-state index contributed by atoms with van der Waals surface area (Å²) in [7, 11) is 1.47. The van der Waals surface area contributed by atoms with E-state index >= 15 is 0 Å². The van der Waals surface area contributed by atoms with E-state index in [1.165, 1.54) is 24.3 Å². The first-order valence-electron chi connectivity index (χ1n) is 11.5. The number of aromatic nitrogens is 1. The van der Waals surface area contributed by atoms with Gasteiger partial charge >= 0.3 is 5.97 Å². The second-order valence-corrected chi connectivity index (χ2v) is 9.09. The lowest BCUT2D eigenvalue weighted by Gasteiger charge is -2.25. The first kappa shape index (κ1) is 25.9. The predicted molar refractivity (Wildman–Crippen MR) is 138 cm³/mol. The summed E-state index contributed by atoms with van der Waals surface area (Å²) in [6.45, 7) is 3.55. The van der Waals surface area contributed by atoms with Gasteiger partial charge in [0.1, 0.15) is 11.5 Å². The highest BCUT2D eigenvalue weighted by atomic mass is 35.5. The molecule has 0 bridgehead atoms. The summed E-state index contributed by atoms with van der Waals surface area (Å²) in [4.78, 5) is 44.0. The number of halogens is 1. The number of nitrogens with zero attached hydrogens (tertiary/aromatic N) is 2. The van der Waals surface area contributed by atoms with Gasteiger partial charge in [-0.15, -0.1) is 0 Å². The van der Waals surface area contributed by atoms with Crippen molar-refractivity contribution in [3.63, 3.8) is 0 Å². The van der Waals surface area contributed by atoms with Gasteiger partial charge in [-0.25, -0.2) is 0 Å². The van der Waals surface area contributed by atoms with Gasteiger partial charge in [-0.2, -0.15) is 0 Å². The standard InChI is InChI=1S/C28H25ClN2O6/c1-16(2)37-23(32)13-17-6-9-20(10-7-17)31-25(19-5-4-12-30-15-19)24(27(34)28(31)35)26(33)18-8-11-22(36-3)21(29)14-18/h4-12,14-16,25,33H,13H2,1-3H3/b26-24-. The largest absolute Gasteiger partial charge is 0.507 e. The quantitative estimate of drug-likeness (QED) is 0.205. The molecule has 1 N–H and O–H groups in total. The molecular formula is C28H25ClN2O6. The molecule has 1 atom stereocenters. The molecule has 1 fully saturated rings. The molecule has 1 saturated heterocycles. The number of amides is 1. The molecule has 37 heavy (non-hydrogen) atoms. The summed E-state index contributed by atoms with van der Waals surface area (Å²) < 4.78 is 10.4. The summed E-state index contributed by atoms with van der Waals surface area (Å²) in [6.07, 6.45) is 2.96. The van der Waals surface area contributed by atoms with Crippen molar-refractivity contribution in [3.8, 4) is 5.75 Å². The maximum Gasteiger partial charge on any atom is 0.310 e. The molecule has 0 radical (unpaired) electrons. The zero-order valence-corrected chi connectivity index (χ0v) is 21.2. The molecule has 9 heteroatoms. The molecule has 2 aromatic carbocycles. The number of pyridine rings is 1. The number of aliphatic hydroxyl groups is 1. The normalized spacial score (nSPS) is 16.8. The van der Waals surface area contributed by atoms with Crippen LogP contribution in [0.1, 0.15) is 36.6 Å². The Balaban J connectivity index is 1.77. The predicted octanol–water partition coefficient (Wildman–Crippen LogP) is 4.86. The van der Waals surface area contributed by atoms with Gasteiger partial charge in [0.05, 0.1) is 36.3 Å². The Morgan fingerprint density at radius 1 is 1.14 bits per heavy atom. The SMILES string of the molecule is COc1ccc(/C(O)=C2/C(=O)C(=O)N(c3ccc(CC(=O)OC(C)C)cc3)C2c2cccnc2)cc1Cl. The average Bonchev–Trinajstić information content (AvgIpc) is 3.14. The zero-order valence-electron chi connectivity index (χ0n) is 20.5. The Hall–Kier alpha value is -4.17. The van der Waals surface area contributed by atoms with Gasteiger partial charge < -0.3 is 14.6 Å². The number of ketones is 1. The number of anilines is 1. The molecule has 2 heterocycles. The Kier molecular flexibility index (Phi) is 7.59. The summed E-state index contributed by atoms with van der Waals surface area (Å²) in [5.41, 5.74) is 1.81. The Labute approximate surface area is 219 Å². The smallest absolute Gasteiger partial charge is 0.310 e. The number of rotatable bonds is 7. The minimum absolute atomic E-state index is 0.0710. The maximum atomic E-state index is 13.3. The number of methoxy groups -OCH3 is 1. The third-order valence-electron chi connectivity index (χ3n) is 5.80. The molecule has 0 saturated carbocycles. The van der Waals surface area contributed by atoms with E-state index in [-0.39, 0.29) is 40.4 Å². The van der Waals surface area contributed by atoms with Crippen LogP contribution in [0.4, 0.5) is 5.69 Å². The van der Waals surface area contributed by atoms with Gasteiger partial charge in [-0.05, 0) is 61.4 Å². The number of aliphatic hydroxyl groups excluding tert-OH is 1. The van der Waals surface area contributed by atoms with E-state index in [9.17, 15) is 19.5 Å². The van der Waals surface area contributed by atoms with Crippen LogP contribution in [0.15, 0.2) is 72.6 Å². The number of hydrogen-bond acceptors (Lipinski definition) is 7. The number of hydrogen-bond donors (Lipinski definition) is 1. The average molecular weight is 521 g/mol. The van der Waals surface area contributed by atoms with E-state index in [1.807, 2.05) is 0 Å². The van der Waals surface area contributed by atoms with Gasteiger partial charge in [-0.1, -0.05) is 29.8 Å². The topological polar surface area (TPSA) is 106 Å². The van der Waals surface area contributed by atoms with E-state index in [2.05, 4.69) is 4.98 Å². The van der Waals surface area contributed by atoms with Crippen molar-refractivity contribution in [2.75, 3.05) is 12.0 Å². The van der Waals surface area contributed by atoms with Crippen LogP contribution in [0.2, 0.25) is 5.02 Å². The molecule has 8 nitrogen and oxygen atoms in total. The van der Waals surface area contributed by atoms with Crippen molar-refractivity contribution in [3.05, 3.63) is 94.3 Å². The van der Waals surface area contributed by atoms with Crippen molar-refractivity contribution < 1.29 is 29.0 Å². The van der Waals surface area contributed by atoms with Crippen LogP contribution >= 0.6 is 11.6 Å². The first-order valence-corrected chi connectivity index (χ1v) is 11.9. The number of benzene rings is 2. The van der Waals surface area contributed by atoms with E-state index in [1.54, 1.807) is 68.6 Å². The molecule has 0 aliphatic carbocycles. The fraction of sp³-hybridized carbons (Fsp3) is 0.214. The minimum atomic E-state index is -0.939. The summed E-state index contributed by atoms with van der Waals surface area (Å²) in [5, 5.41) is 11.5. The molecule has 4 rings (SSSR count). The van der Waals surface area contributed by atoms with Crippen LogP contribution < -0.4 is 9.64 Å². The molecule has 1 aliphatic heterocycles. The molecule has 1 aromatic heterocycles. The molecule has 0 spiro atoms. The second kappa shape index (κ2) is 10.8. The third kappa shape index (κ3) is 5.34. The zero-order chi connectivity index (χ0) is 26.7. The van der Waals surface area contributed by atoms with Gasteiger partial charge in [0, 0.05) is 23.6 Å². The monoisotopic (exact) mass is 520 g/mol. The van der Waals surface area contributed by atoms with Crippen LogP contribution in [0.25, 0.3) is 5.76 Å². The lowest BCUT2D eigenvalue weighted by molar-refractivity contribution is -0.146. The highest BCUT2D eigenvalue weighted by molar-refractivity contribution is 6.51. The van der Waals surface area contributed by atoms with E-state index in [0.717, 1.165) is 0 Å². The van der Waals surface area contributed by atoms with E-state index in [4.69, 9.17) is 21.1 Å². The lowest BCUT2D eigenvalue weighted by Crippen LogP contribution is -2.29. The summed E-state index contributed by atoms with van der Waals surface area (Å²) >= 11 is 6.24. The van der Waals surface area contributed by atoms with Crippen LogP contribution in [-0.4, -0.2) is 41.0 Å². The number of carbonyl (C=O) groups is 3. The Bertz CT molecular complexity index is 1370. The number of esters is 1. The van der Waals surface area contributed by atoms with Crippen LogP contribution in [0.5, 0.6) is 5.75 Å². The van der Waals surface area contributed by atoms with Crippen LogP contribution in [0, 0.1) is 0 Å². The second-order valence-electron chi connectivity index (χ2n) is 8.69. The molecule has 1 aliphatic rings. The summed E-state index contributed by atoms with van der Waals surface area (Å²) in [5.74, 6) is -1.98. The van der Waals surface area contributed by atoms with Crippen molar-refractivity contribution in [2.24, 2.45) is 0 Å². The Morgan fingerprint density at radius 2 is 1.86 bits per heavy atom. The lowest BCUT2D eigenvalue weighted by atomic mass is 9.96. The number of ether oxygens (including phenoxy) is 2. The van der Waals surface area contributed by atoms with Crippen molar-refractivity contribution in [2.45, 2.75) is 32.4 Å². The molecule has 3 aromatic rings. The number of Topliss-reactive ketones (excluding diaryl/α,β-unsaturated/α-hetero) is 1. The first-order chi connectivity index (χ1) is 17.7. The van der Waals surface area contributed by atoms with E-state index < -0.39 is 17.7 Å². The van der Waals surface area contributed by atoms with Crippen LogP contribution in [0.3, 0.4) is 0 Å². The molecule has 1 unspecified atom stereocenters. The minimum Gasteiger partial charge on any atom is -0.507 e. The van der Waals surface area contributed by atoms with Crippen molar-refractivity contribution in [1.82, 2.24) is 4.98 Å². The van der Waals surface area contributed by atoms with Gasteiger partial charge in [0.2, 0.25) is 0 Å². The highest BCUT2D eigenvalue weighted by Gasteiger charge is 2.47. The van der Waals surface area contributed by atoms with Gasteiger partial charge in [-0.3, -0.25) is 24.3 Å². The molecular weight excluding hydrogens is 496 g/mol. The molecule has 190 valence electrons. The third-order valence-corrected chi connectivity index (χ3v) is 6.10. The van der Waals surface area contributed by atoms with Crippen LogP contribution in [-0.2, 0) is 25.5 Å². The maximum absolute atomic E-state index is 13.3. The fourth-order valence-corrected chi connectivity index (χ4v) is 4.42. The Morgan fingerprint density at radius 3 is 2.46 bits per heavy atom. The van der Waals surface area contributed by atoms with Gasteiger partial charge in [0.25, 0.3) is 11.7 Å². The van der Waals surface area contributed by atoms with Crippen molar-refractivity contribution in [1.29, 1.82) is 0 Å². The molecule has 1 amide bonds. The number of carbonyl (C=O) groups excluding carboxylic acids is 3.